The number of fused-ring (bicyclic) bond motifs is 1. The molecule has 5 N–H and O–H groups in total. The quantitative estimate of drug-likeness (QED) is 0.365. The fraction of sp³-hybridized carbons (Fsp3) is 0.588. The van der Waals surface area contributed by atoms with Gasteiger partial charge in [0.25, 0.3) is 0 Å². The lowest BCUT2D eigenvalue weighted by molar-refractivity contribution is -0.163. The number of aliphatic carboxylic acids is 1. The van der Waals surface area contributed by atoms with Gasteiger partial charge in [0.05, 0.1) is 18.1 Å². The molecule has 142 valence electrons. The van der Waals surface area contributed by atoms with Crippen LogP contribution in [-0.2, 0) is 14.4 Å². The predicted molar refractivity (Wildman–Crippen MR) is 95.8 cm³/mol. The second-order valence-corrected chi connectivity index (χ2v) is 8.37. The third-order valence-corrected chi connectivity index (χ3v) is 6.73. The molecule has 0 aromatic carbocycles. The molecule has 3 aliphatic rings. The van der Waals surface area contributed by atoms with Gasteiger partial charge in [0.15, 0.2) is 0 Å². The second-order valence-electron chi connectivity index (χ2n) is 7.02. The van der Waals surface area contributed by atoms with Gasteiger partial charge in [-0.1, -0.05) is 13.0 Å². The molecule has 0 aromatic heterocycles. The van der Waals surface area contributed by atoms with Crippen molar-refractivity contribution in [1.82, 2.24) is 10.2 Å². The van der Waals surface area contributed by atoms with Gasteiger partial charge < -0.3 is 26.2 Å². The highest BCUT2D eigenvalue weighted by Crippen LogP contribution is 2.51. The summed E-state index contributed by atoms with van der Waals surface area (Å²) in [6, 6.07) is -0.287. The number of hydrogen-bond acceptors (Lipinski definition) is 6. The van der Waals surface area contributed by atoms with Crippen LogP contribution in [0.25, 0.3) is 0 Å². The van der Waals surface area contributed by atoms with Crippen LogP contribution in [0.2, 0.25) is 0 Å². The van der Waals surface area contributed by atoms with E-state index in [4.69, 9.17) is 5.73 Å². The van der Waals surface area contributed by atoms with Crippen molar-refractivity contribution in [3.05, 3.63) is 22.8 Å². The molecule has 2 saturated heterocycles. The van der Waals surface area contributed by atoms with Crippen LogP contribution in [0.4, 0.5) is 0 Å². The minimum Gasteiger partial charge on any atom is -0.477 e. The first kappa shape index (κ1) is 18.9. The Labute approximate surface area is 155 Å². The number of rotatable bonds is 6. The number of carbonyl (C=O) groups excluding carboxylic acids is 2. The molecule has 0 unspecified atom stereocenters. The molecule has 0 spiro atoms. The first-order valence-electron chi connectivity index (χ1n) is 8.58. The van der Waals surface area contributed by atoms with Crippen LogP contribution in [0.15, 0.2) is 22.8 Å². The number of carbonyl (C=O) groups is 3. The van der Waals surface area contributed by atoms with Gasteiger partial charge in [-0.15, -0.1) is 11.8 Å². The van der Waals surface area contributed by atoms with Gasteiger partial charge >= 0.3 is 5.97 Å². The van der Waals surface area contributed by atoms with Gasteiger partial charge in [0, 0.05) is 34.7 Å². The average Bonchev–Trinajstić information content (AvgIpc) is 3.08. The van der Waals surface area contributed by atoms with E-state index in [1.54, 1.807) is 13.0 Å². The number of β-lactam (4-membered cyclic amide) rings is 1. The number of carboxylic acid groups (broad SMARTS) is 1. The van der Waals surface area contributed by atoms with Crippen LogP contribution < -0.4 is 11.1 Å². The Kier molecular flexibility index (Phi) is 5.14. The van der Waals surface area contributed by atoms with Crippen LogP contribution >= 0.6 is 11.8 Å². The summed E-state index contributed by atoms with van der Waals surface area (Å²) >= 11 is 1.47. The zero-order chi connectivity index (χ0) is 19.2. The molecular formula is C17H23N3O5S. The highest BCUT2D eigenvalue weighted by atomic mass is 32.2. The minimum atomic E-state index is -1.12. The summed E-state index contributed by atoms with van der Waals surface area (Å²) in [7, 11) is 0. The van der Waals surface area contributed by atoms with Crippen molar-refractivity contribution in [2.45, 2.75) is 43.7 Å². The SMILES string of the molecule is C[C@@H](O)[C@H]1C(=O)N2C(C(=O)O)=C(S[C@@H]3CN[C@H](/C=C\C(N)=O)C3)[C@H](C)[C@H]12. The average molecular weight is 381 g/mol. The van der Waals surface area contributed by atoms with Crippen molar-refractivity contribution >= 4 is 29.5 Å². The Morgan fingerprint density at radius 1 is 1.46 bits per heavy atom. The molecule has 2 fully saturated rings. The molecule has 0 aromatic rings. The molecule has 9 heteroatoms. The van der Waals surface area contributed by atoms with E-state index in [9.17, 15) is 24.6 Å². The number of thioether (sulfide) groups is 1. The van der Waals surface area contributed by atoms with E-state index >= 15 is 0 Å². The number of amides is 2. The van der Waals surface area contributed by atoms with Crippen molar-refractivity contribution in [3.8, 4) is 0 Å². The lowest BCUT2D eigenvalue weighted by Crippen LogP contribution is -2.63. The molecule has 8 nitrogen and oxygen atoms in total. The summed E-state index contributed by atoms with van der Waals surface area (Å²) in [5, 5.41) is 22.9. The number of nitrogens with one attached hydrogen (secondary N) is 1. The maximum atomic E-state index is 12.3. The smallest absolute Gasteiger partial charge is 0.353 e. The van der Waals surface area contributed by atoms with Crippen molar-refractivity contribution in [1.29, 1.82) is 0 Å². The Morgan fingerprint density at radius 2 is 2.15 bits per heavy atom. The summed E-state index contributed by atoms with van der Waals surface area (Å²) < 4.78 is 0. The number of carboxylic acids is 1. The topological polar surface area (TPSA) is 133 Å². The Balaban J connectivity index is 1.76. The van der Waals surface area contributed by atoms with E-state index < -0.39 is 23.9 Å². The normalized spacial score (nSPS) is 35.0. The maximum Gasteiger partial charge on any atom is 0.353 e. The van der Waals surface area contributed by atoms with E-state index in [0.29, 0.717) is 11.4 Å². The lowest BCUT2D eigenvalue weighted by Gasteiger charge is -2.46. The number of nitrogens with zero attached hydrogens (tertiary/aromatic N) is 1. The highest BCUT2D eigenvalue weighted by Gasteiger charge is 2.60. The highest BCUT2D eigenvalue weighted by molar-refractivity contribution is 8.03. The van der Waals surface area contributed by atoms with Crippen LogP contribution in [-0.4, -0.2) is 62.9 Å². The standard InChI is InChI=1S/C17H23N3O5S/c1-7-13-12(8(2)21)16(23)20(13)14(17(24)25)15(7)26-10-5-9(19-6-10)3-4-11(18)22/h3-4,7-10,12-13,19,21H,5-6H2,1-2H3,(H2,18,22)(H,24,25)/b4-3-/t7-,8-,9-,10+,12-,13-/m1/s1. The van der Waals surface area contributed by atoms with Gasteiger partial charge in [-0.05, 0) is 13.3 Å². The molecule has 0 radical (unpaired) electrons. The molecule has 3 heterocycles. The minimum absolute atomic E-state index is 0.00876. The fourth-order valence-corrected chi connectivity index (χ4v) is 5.53. The van der Waals surface area contributed by atoms with Crippen LogP contribution in [0.3, 0.4) is 0 Å². The monoisotopic (exact) mass is 381 g/mol. The van der Waals surface area contributed by atoms with Gasteiger partial charge in [-0.25, -0.2) is 4.79 Å². The molecule has 0 aliphatic carbocycles. The predicted octanol–water partition coefficient (Wildman–Crippen LogP) is -0.355. The summed E-state index contributed by atoms with van der Waals surface area (Å²) in [4.78, 5) is 37.0. The first-order chi connectivity index (χ1) is 12.2. The van der Waals surface area contributed by atoms with Gasteiger partial charge in [-0.2, -0.15) is 0 Å². The van der Waals surface area contributed by atoms with Crippen LogP contribution in [0, 0.1) is 11.8 Å². The number of aliphatic hydroxyl groups is 1. The van der Waals surface area contributed by atoms with Crippen LogP contribution in [0.5, 0.6) is 0 Å². The van der Waals surface area contributed by atoms with E-state index in [-0.39, 0.29) is 34.9 Å². The summed E-state index contributed by atoms with van der Waals surface area (Å²) in [6.45, 7) is 4.14. The zero-order valence-electron chi connectivity index (χ0n) is 14.6. The molecule has 0 bridgehead atoms. The number of primary amides is 1. The molecule has 6 atom stereocenters. The third kappa shape index (κ3) is 3.15. The van der Waals surface area contributed by atoms with Gasteiger partial charge in [0.2, 0.25) is 11.8 Å². The van der Waals surface area contributed by atoms with E-state index in [1.165, 1.54) is 22.7 Å². The summed E-state index contributed by atoms with van der Waals surface area (Å²) in [5.74, 6) is -2.63. The number of aliphatic hydroxyl groups excluding tert-OH is 1. The Hall–Kier alpha value is -1.84. The van der Waals surface area contributed by atoms with Crippen molar-refractivity contribution in [3.63, 3.8) is 0 Å². The van der Waals surface area contributed by atoms with E-state index in [0.717, 1.165) is 6.42 Å². The van der Waals surface area contributed by atoms with E-state index in [1.807, 2.05) is 6.92 Å². The zero-order valence-corrected chi connectivity index (χ0v) is 15.4. The molecule has 3 rings (SSSR count). The molecule has 0 saturated carbocycles. The van der Waals surface area contributed by atoms with Gasteiger partial charge in [-0.3, -0.25) is 9.59 Å². The number of nitrogens with two attached hydrogens (primary N) is 1. The summed E-state index contributed by atoms with van der Waals surface area (Å²) in [6.07, 6.45) is 2.97. The Morgan fingerprint density at radius 3 is 2.73 bits per heavy atom. The van der Waals surface area contributed by atoms with Crippen molar-refractivity contribution < 1.29 is 24.6 Å². The van der Waals surface area contributed by atoms with Crippen molar-refractivity contribution in [2.75, 3.05) is 6.54 Å². The lowest BCUT2D eigenvalue weighted by atomic mass is 9.79. The Bertz CT molecular complexity index is 705. The largest absolute Gasteiger partial charge is 0.477 e. The molecular weight excluding hydrogens is 358 g/mol. The fourth-order valence-electron chi connectivity index (χ4n) is 4.04. The molecule has 3 aliphatic heterocycles. The molecule has 2 amide bonds. The summed E-state index contributed by atoms with van der Waals surface area (Å²) in [5.41, 5.74) is 5.15. The van der Waals surface area contributed by atoms with Gasteiger partial charge in [0.1, 0.15) is 5.70 Å². The van der Waals surface area contributed by atoms with E-state index in [2.05, 4.69) is 5.32 Å². The second kappa shape index (κ2) is 7.05. The maximum absolute atomic E-state index is 12.3. The first-order valence-corrected chi connectivity index (χ1v) is 9.46. The van der Waals surface area contributed by atoms with Crippen LogP contribution in [0.1, 0.15) is 20.3 Å². The van der Waals surface area contributed by atoms with Crippen molar-refractivity contribution in [2.24, 2.45) is 17.6 Å². The number of hydrogen-bond donors (Lipinski definition) is 4. The third-order valence-electron chi connectivity index (χ3n) is 5.22. The molecule has 26 heavy (non-hydrogen) atoms.